The molecule has 0 spiro atoms. The summed E-state index contributed by atoms with van der Waals surface area (Å²) in [7, 11) is 0. The molecule has 6 heteroatoms. The van der Waals surface area contributed by atoms with Gasteiger partial charge >= 0.3 is 0 Å². The first-order chi connectivity index (χ1) is 15.7. The van der Waals surface area contributed by atoms with Gasteiger partial charge in [-0.25, -0.2) is 0 Å². The van der Waals surface area contributed by atoms with E-state index in [0.717, 1.165) is 41.6 Å². The minimum absolute atomic E-state index is 0.0223. The molecule has 1 N–H and O–H groups in total. The molecule has 6 nitrogen and oxygen atoms in total. The van der Waals surface area contributed by atoms with Crippen molar-refractivity contribution in [3.05, 3.63) is 72.4 Å². The van der Waals surface area contributed by atoms with Crippen LogP contribution in [-0.4, -0.2) is 47.9 Å². The third-order valence-electron chi connectivity index (χ3n) is 5.82. The fourth-order valence-electron chi connectivity index (χ4n) is 4.10. The van der Waals surface area contributed by atoms with Gasteiger partial charge in [0.1, 0.15) is 11.3 Å². The Morgan fingerprint density at radius 2 is 1.91 bits per heavy atom. The van der Waals surface area contributed by atoms with Gasteiger partial charge in [0, 0.05) is 31.2 Å². The molecular weight excluding hydrogens is 402 g/mol. The molecule has 1 unspecified atom stereocenters. The van der Waals surface area contributed by atoms with Crippen LogP contribution >= 0.6 is 0 Å². The lowest BCUT2D eigenvalue weighted by Gasteiger charge is -2.32. The third kappa shape index (κ3) is 5.63. The summed E-state index contributed by atoms with van der Waals surface area (Å²) in [6, 6.07) is 19.5. The quantitative estimate of drug-likeness (QED) is 0.553. The van der Waals surface area contributed by atoms with Gasteiger partial charge in [-0.15, -0.1) is 0 Å². The van der Waals surface area contributed by atoms with E-state index in [1.165, 1.54) is 0 Å². The molecule has 2 aromatic carbocycles. The third-order valence-corrected chi connectivity index (χ3v) is 5.82. The van der Waals surface area contributed by atoms with Crippen molar-refractivity contribution in [2.45, 2.75) is 25.7 Å². The van der Waals surface area contributed by atoms with Crippen LogP contribution in [0.3, 0.4) is 0 Å². The lowest BCUT2D eigenvalue weighted by molar-refractivity contribution is -0.135. The number of piperidine rings is 1. The molecule has 2 heterocycles. The van der Waals surface area contributed by atoms with E-state index in [0.29, 0.717) is 32.5 Å². The smallest absolute Gasteiger partial charge is 0.227 e. The molecule has 0 radical (unpaired) electrons. The Kier molecular flexibility index (Phi) is 7.33. The number of fused-ring (bicyclic) bond motifs is 1. The zero-order valence-corrected chi connectivity index (χ0v) is 18.2. The van der Waals surface area contributed by atoms with Gasteiger partial charge in [0.15, 0.2) is 0 Å². The van der Waals surface area contributed by atoms with E-state index in [-0.39, 0.29) is 17.7 Å². The van der Waals surface area contributed by atoms with E-state index in [4.69, 9.17) is 4.74 Å². The van der Waals surface area contributed by atoms with Gasteiger partial charge in [-0.1, -0.05) is 48.5 Å². The van der Waals surface area contributed by atoms with Crippen LogP contribution in [0.1, 0.15) is 24.8 Å². The Balaban J connectivity index is 1.19. The normalized spacial score (nSPS) is 16.0. The van der Waals surface area contributed by atoms with Gasteiger partial charge in [-0.3, -0.25) is 14.6 Å². The molecule has 1 fully saturated rings. The summed E-state index contributed by atoms with van der Waals surface area (Å²) >= 11 is 0. The van der Waals surface area contributed by atoms with Crippen molar-refractivity contribution in [3.63, 3.8) is 0 Å². The minimum Gasteiger partial charge on any atom is -0.491 e. The minimum atomic E-state index is -0.147. The van der Waals surface area contributed by atoms with Gasteiger partial charge in [0.2, 0.25) is 11.8 Å². The average molecular weight is 432 g/mol. The molecule has 1 aliphatic rings. The second-order valence-electron chi connectivity index (χ2n) is 8.17. The second-order valence-corrected chi connectivity index (χ2v) is 8.17. The first-order valence-corrected chi connectivity index (χ1v) is 11.3. The predicted molar refractivity (Wildman–Crippen MR) is 124 cm³/mol. The Morgan fingerprint density at radius 3 is 2.78 bits per heavy atom. The van der Waals surface area contributed by atoms with Crippen LogP contribution in [0.25, 0.3) is 10.9 Å². The van der Waals surface area contributed by atoms with Crippen molar-refractivity contribution in [1.82, 2.24) is 15.2 Å². The number of hydrogen-bond acceptors (Lipinski definition) is 4. The summed E-state index contributed by atoms with van der Waals surface area (Å²) in [4.78, 5) is 31.5. The van der Waals surface area contributed by atoms with E-state index in [9.17, 15) is 9.59 Å². The number of hydrogen-bond donors (Lipinski definition) is 1. The Bertz CT molecular complexity index is 1050. The SMILES string of the molecule is O=C(NCCCOc1cccc2cccnc12)C1CCCN(C(=O)Cc2ccccc2)C1. The summed E-state index contributed by atoms with van der Waals surface area (Å²) in [6.45, 7) is 2.27. The lowest BCUT2D eigenvalue weighted by Crippen LogP contribution is -2.46. The van der Waals surface area contributed by atoms with Crippen molar-refractivity contribution in [2.24, 2.45) is 5.92 Å². The van der Waals surface area contributed by atoms with Crippen LogP contribution < -0.4 is 10.1 Å². The highest BCUT2D eigenvalue weighted by Crippen LogP contribution is 2.23. The van der Waals surface area contributed by atoms with Crippen molar-refractivity contribution >= 4 is 22.7 Å². The van der Waals surface area contributed by atoms with Gasteiger partial charge < -0.3 is 15.0 Å². The number of rotatable bonds is 8. The van der Waals surface area contributed by atoms with E-state index >= 15 is 0 Å². The number of ether oxygens (including phenoxy) is 1. The molecule has 0 aliphatic carbocycles. The second kappa shape index (κ2) is 10.8. The number of pyridine rings is 1. The van der Waals surface area contributed by atoms with Gasteiger partial charge in [-0.2, -0.15) is 0 Å². The van der Waals surface area contributed by atoms with Gasteiger partial charge in [-0.05, 0) is 37.0 Å². The van der Waals surface area contributed by atoms with Crippen LogP contribution in [0.15, 0.2) is 66.9 Å². The first-order valence-electron chi connectivity index (χ1n) is 11.3. The fraction of sp³-hybridized carbons (Fsp3) is 0.346. The zero-order valence-electron chi connectivity index (χ0n) is 18.2. The topological polar surface area (TPSA) is 71.5 Å². The molecule has 1 atom stereocenters. The molecule has 1 aliphatic heterocycles. The fourth-order valence-corrected chi connectivity index (χ4v) is 4.10. The summed E-state index contributed by atoms with van der Waals surface area (Å²) in [5.74, 6) is 0.723. The maximum Gasteiger partial charge on any atom is 0.227 e. The number of para-hydroxylation sites is 1. The Hall–Kier alpha value is -3.41. The number of amides is 2. The summed E-state index contributed by atoms with van der Waals surface area (Å²) in [5, 5.41) is 4.06. The monoisotopic (exact) mass is 431 g/mol. The molecule has 4 rings (SSSR count). The molecule has 166 valence electrons. The van der Waals surface area contributed by atoms with Crippen molar-refractivity contribution < 1.29 is 14.3 Å². The molecule has 0 bridgehead atoms. The molecular formula is C26H29N3O3. The van der Waals surface area contributed by atoms with Gasteiger partial charge in [0.05, 0.1) is 18.9 Å². The molecule has 1 aromatic heterocycles. The van der Waals surface area contributed by atoms with E-state index < -0.39 is 0 Å². The predicted octanol–water partition coefficient (Wildman–Crippen LogP) is 3.60. The Labute approximate surface area is 188 Å². The highest BCUT2D eigenvalue weighted by atomic mass is 16.5. The zero-order chi connectivity index (χ0) is 22.2. The lowest BCUT2D eigenvalue weighted by atomic mass is 9.96. The van der Waals surface area contributed by atoms with E-state index in [2.05, 4.69) is 10.3 Å². The molecule has 2 amide bonds. The number of likely N-dealkylation sites (tertiary alicyclic amines) is 1. The molecule has 32 heavy (non-hydrogen) atoms. The van der Waals surface area contributed by atoms with E-state index in [1.807, 2.05) is 65.6 Å². The van der Waals surface area contributed by atoms with Crippen LogP contribution in [-0.2, 0) is 16.0 Å². The summed E-state index contributed by atoms with van der Waals surface area (Å²) in [5.41, 5.74) is 1.85. The van der Waals surface area contributed by atoms with Crippen LogP contribution in [0.4, 0.5) is 0 Å². The largest absolute Gasteiger partial charge is 0.491 e. The number of carbonyl (C=O) groups is 2. The maximum atomic E-state index is 12.6. The first kappa shape index (κ1) is 21.8. The number of carbonyl (C=O) groups excluding carboxylic acids is 2. The number of benzene rings is 2. The maximum absolute atomic E-state index is 12.6. The van der Waals surface area contributed by atoms with E-state index in [1.54, 1.807) is 6.20 Å². The number of nitrogens with one attached hydrogen (secondary N) is 1. The van der Waals surface area contributed by atoms with Crippen molar-refractivity contribution in [2.75, 3.05) is 26.2 Å². The molecule has 1 saturated heterocycles. The Morgan fingerprint density at radius 1 is 1.06 bits per heavy atom. The summed E-state index contributed by atoms with van der Waals surface area (Å²) in [6.07, 6.45) is 4.52. The molecule has 3 aromatic rings. The van der Waals surface area contributed by atoms with Crippen LogP contribution in [0.2, 0.25) is 0 Å². The number of aromatic nitrogens is 1. The highest BCUT2D eigenvalue weighted by molar-refractivity contribution is 5.84. The average Bonchev–Trinajstić information content (AvgIpc) is 2.84. The van der Waals surface area contributed by atoms with Crippen molar-refractivity contribution in [3.8, 4) is 5.75 Å². The molecule has 0 saturated carbocycles. The highest BCUT2D eigenvalue weighted by Gasteiger charge is 2.28. The van der Waals surface area contributed by atoms with Crippen LogP contribution in [0.5, 0.6) is 5.75 Å². The van der Waals surface area contributed by atoms with Crippen molar-refractivity contribution in [1.29, 1.82) is 0 Å². The summed E-state index contributed by atoms with van der Waals surface area (Å²) < 4.78 is 5.88. The number of nitrogens with zero attached hydrogens (tertiary/aromatic N) is 2. The standard InChI is InChI=1S/C26H29N3O3/c30-24(18-20-8-2-1-3-9-20)29-16-6-12-22(19-29)26(31)28-15-7-17-32-23-13-4-10-21-11-5-14-27-25(21)23/h1-5,8-11,13-14,22H,6-7,12,15-19H2,(H,28,31). The van der Waals surface area contributed by atoms with Crippen LogP contribution in [0, 0.1) is 5.92 Å². The van der Waals surface area contributed by atoms with Gasteiger partial charge in [0.25, 0.3) is 0 Å².